The van der Waals surface area contributed by atoms with Crippen molar-refractivity contribution in [3.63, 3.8) is 0 Å². The molecule has 6 rings (SSSR count). The van der Waals surface area contributed by atoms with Crippen molar-refractivity contribution in [3.8, 4) is 16.9 Å². The van der Waals surface area contributed by atoms with Gasteiger partial charge >= 0.3 is 6.09 Å². The maximum absolute atomic E-state index is 12.5. The van der Waals surface area contributed by atoms with E-state index < -0.39 is 6.09 Å². The van der Waals surface area contributed by atoms with Crippen molar-refractivity contribution in [2.75, 3.05) is 25.0 Å². The molecule has 1 atom stereocenters. The largest absolute Gasteiger partial charge is 0.488 e. The van der Waals surface area contributed by atoms with Crippen molar-refractivity contribution >= 4 is 11.8 Å². The average molecular weight is 469 g/mol. The number of hydrogen-bond acceptors (Lipinski definition) is 4. The van der Waals surface area contributed by atoms with E-state index in [4.69, 9.17) is 9.47 Å². The smallest absolute Gasteiger partial charge is 0.407 e. The molecule has 0 saturated heterocycles. The van der Waals surface area contributed by atoms with E-state index in [0.717, 1.165) is 30.3 Å². The summed E-state index contributed by atoms with van der Waals surface area (Å²) in [7, 11) is 0. The topological polar surface area (TPSA) is 59.6 Å². The number of anilines is 1. The van der Waals surface area contributed by atoms with Crippen molar-refractivity contribution in [3.05, 3.63) is 83.4 Å². The lowest BCUT2D eigenvalue weighted by molar-refractivity contribution is 0.136. The summed E-state index contributed by atoms with van der Waals surface area (Å²) in [5, 5.41) is 6.45. The number of carbonyl (C=O) groups excluding carboxylic acids is 1. The third-order valence-corrected chi connectivity index (χ3v) is 7.73. The maximum atomic E-state index is 12.5. The van der Waals surface area contributed by atoms with Crippen molar-refractivity contribution in [2.45, 2.75) is 44.1 Å². The molecule has 1 saturated carbocycles. The Hall–Kier alpha value is -3.47. The summed E-state index contributed by atoms with van der Waals surface area (Å²) in [6, 6.07) is 23.0. The molecule has 1 amide bonds. The van der Waals surface area contributed by atoms with E-state index in [2.05, 4.69) is 59.2 Å². The number of alkyl carbamates (subject to hydrolysis) is 1. The molecular weight excluding hydrogens is 436 g/mol. The van der Waals surface area contributed by atoms with Crippen molar-refractivity contribution in [1.29, 1.82) is 0 Å². The van der Waals surface area contributed by atoms with Gasteiger partial charge in [0.25, 0.3) is 0 Å². The highest BCUT2D eigenvalue weighted by Crippen LogP contribution is 2.44. The molecule has 0 spiro atoms. The molecule has 5 heteroatoms. The quantitative estimate of drug-likeness (QED) is 0.417. The molecular formula is C30H32N2O3. The third-order valence-electron chi connectivity index (χ3n) is 7.73. The first-order valence-corrected chi connectivity index (χ1v) is 12.9. The Morgan fingerprint density at radius 1 is 0.971 bits per heavy atom. The highest BCUT2D eigenvalue weighted by molar-refractivity contribution is 5.79. The third kappa shape index (κ3) is 4.60. The van der Waals surface area contributed by atoms with Gasteiger partial charge in [0.05, 0.1) is 6.54 Å². The molecule has 2 aliphatic carbocycles. The first kappa shape index (κ1) is 22.0. The molecule has 0 radical (unpaired) electrons. The fourth-order valence-corrected chi connectivity index (χ4v) is 5.59. The van der Waals surface area contributed by atoms with Crippen LogP contribution in [0.4, 0.5) is 10.5 Å². The number of carbonyl (C=O) groups is 1. The maximum Gasteiger partial charge on any atom is 0.407 e. The monoisotopic (exact) mass is 468 g/mol. The SMILES string of the molecule is O=C(NCC1Cc2cc(NCCC3CCC3)ccc2O1)OCC1c2ccccc2-c2ccccc21. The molecule has 0 bridgehead atoms. The van der Waals surface area contributed by atoms with Gasteiger partial charge in [-0.15, -0.1) is 0 Å². The minimum atomic E-state index is -0.398. The molecule has 0 aromatic heterocycles. The Morgan fingerprint density at radius 2 is 1.71 bits per heavy atom. The van der Waals surface area contributed by atoms with Gasteiger partial charge in [0, 0.05) is 24.6 Å². The fourth-order valence-electron chi connectivity index (χ4n) is 5.59. The predicted octanol–water partition coefficient (Wildman–Crippen LogP) is 6.13. The average Bonchev–Trinajstić information content (AvgIpc) is 3.41. The number of amides is 1. The Labute approximate surface area is 206 Å². The standard InChI is InChI=1S/C30H32N2O3/c33-30(34-19-28-26-10-3-1-8-24(26)25-9-2-4-11-27(25)28)32-18-23-17-21-16-22(12-13-29(21)35-23)31-15-14-20-6-5-7-20/h1-4,8-13,16,20,23,28,31H,5-7,14-15,17-19H2,(H,32,33). The second-order valence-electron chi connectivity index (χ2n) is 9.99. The Bertz CT molecular complexity index is 1170. The van der Waals surface area contributed by atoms with Gasteiger partial charge < -0.3 is 20.1 Å². The van der Waals surface area contributed by atoms with E-state index in [1.54, 1.807) is 0 Å². The van der Waals surface area contributed by atoms with Crippen LogP contribution < -0.4 is 15.4 Å². The number of ether oxygens (including phenoxy) is 2. The number of hydrogen-bond donors (Lipinski definition) is 2. The Kier molecular flexibility index (Phi) is 6.07. The first-order valence-electron chi connectivity index (χ1n) is 12.9. The van der Waals surface area contributed by atoms with Crippen LogP contribution in [0.15, 0.2) is 66.7 Å². The van der Waals surface area contributed by atoms with Gasteiger partial charge in [0.1, 0.15) is 18.5 Å². The van der Waals surface area contributed by atoms with Crippen LogP contribution >= 0.6 is 0 Å². The van der Waals surface area contributed by atoms with Gasteiger partial charge in [-0.1, -0.05) is 67.8 Å². The molecule has 5 nitrogen and oxygen atoms in total. The van der Waals surface area contributed by atoms with E-state index in [1.165, 1.54) is 53.5 Å². The van der Waals surface area contributed by atoms with Crippen LogP contribution in [0.5, 0.6) is 5.75 Å². The second kappa shape index (κ2) is 9.65. The summed E-state index contributed by atoms with van der Waals surface area (Å²) in [4.78, 5) is 12.5. The Balaban J connectivity index is 0.986. The van der Waals surface area contributed by atoms with E-state index in [0.29, 0.717) is 13.2 Å². The molecule has 1 aliphatic heterocycles. The van der Waals surface area contributed by atoms with E-state index in [9.17, 15) is 4.79 Å². The van der Waals surface area contributed by atoms with E-state index in [1.807, 2.05) is 18.2 Å². The predicted molar refractivity (Wildman–Crippen MR) is 138 cm³/mol. The first-order chi connectivity index (χ1) is 17.2. The Morgan fingerprint density at radius 3 is 2.43 bits per heavy atom. The van der Waals surface area contributed by atoms with Crippen LogP contribution in [0, 0.1) is 5.92 Å². The zero-order valence-corrected chi connectivity index (χ0v) is 20.0. The summed E-state index contributed by atoms with van der Waals surface area (Å²) in [6.07, 6.45) is 5.74. The van der Waals surface area contributed by atoms with Gasteiger partial charge in [-0.2, -0.15) is 0 Å². The minimum absolute atomic E-state index is 0.0651. The molecule has 2 N–H and O–H groups in total. The van der Waals surface area contributed by atoms with Crippen LogP contribution in [-0.4, -0.2) is 31.9 Å². The molecule has 3 aromatic rings. The number of rotatable bonds is 8. The van der Waals surface area contributed by atoms with E-state index in [-0.39, 0.29) is 12.0 Å². The molecule has 3 aromatic carbocycles. The van der Waals surface area contributed by atoms with Crippen LogP contribution in [0.25, 0.3) is 11.1 Å². The molecule has 180 valence electrons. The van der Waals surface area contributed by atoms with Gasteiger partial charge in [0.15, 0.2) is 0 Å². The van der Waals surface area contributed by atoms with Gasteiger partial charge in [0.2, 0.25) is 0 Å². The zero-order chi connectivity index (χ0) is 23.6. The molecule has 35 heavy (non-hydrogen) atoms. The fraction of sp³-hybridized carbons (Fsp3) is 0.367. The van der Waals surface area contributed by atoms with Gasteiger partial charge in [-0.3, -0.25) is 0 Å². The summed E-state index contributed by atoms with van der Waals surface area (Å²) < 4.78 is 11.7. The second-order valence-corrected chi connectivity index (χ2v) is 9.99. The molecule has 1 fully saturated rings. The lowest BCUT2D eigenvalue weighted by Gasteiger charge is -2.25. The highest BCUT2D eigenvalue weighted by atomic mass is 16.5. The van der Waals surface area contributed by atoms with Crippen LogP contribution in [0.3, 0.4) is 0 Å². The van der Waals surface area contributed by atoms with Crippen LogP contribution in [0.1, 0.15) is 48.3 Å². The van der Waals surface area contributed by atoms with Crippen molar-refractivity contribution in [2.24, 2.45) is 5.92 Å². The molecule has 3 aliphatic rings. The summed E-state index contributed by atoms with van der Waals surface area (Å²) in [5.74, 6) is 1.89. The van der Waals surface area contributed by atoms with Crippen LogP contribution in [0.2, 0.25) is 0 Å². The lowest BCUT2D eigenvalue weighted by Crippen LogP contribution is -2.35. The minimum Gasteiger partial charge on any atom is -0.488 e. The summed E-state index contributed by atoms with van der Waals surface area (Å²) in [6.45, 7) is 1.77. The molecule has 1 unspecified atom stereocenters. The molecule has 1 heterocycles. The van der Waals surface area contributed by atoms with Crippen molar-refractivity contribution in [1.82, 2.24) is 5.32 Å². The number of benzene rings is 3. The van der Waals surface area contributed by atoms with Gasteiger partial charge in [-0.25, -0.2) is 4.79 Å². The summed E-state index contributed by atoms with van der Waals surface area (Å²) in [5.41, 5.74) is 7.23. The lowest BCUT2D eigenvalue weighted by atomic mass is 9.83. The zero-order valence-electron chi connectivity index (χ0n) is 20.0. The van der Waals surface area contributed by atoms with E-state index >= 15 is 0 Å². The number of nitrogens with one attached hydrogen (secondary N) is 2. The normalized spacial score (nSPS) is 18.1. The van der Waals surface area contributed by atoms with Gasteiger partial charge in [-0.05, 0) is 58.4 Å². The van der Waals surface area contributed by atoms with Crippen LogP contribution in [-0.2, 0) is 11.2 Å². The summed E-state index contributed by atoms with van der Waals surface area (Å²) >= 11 is 0. The van der Waals surface area contributed by atoms with Crippen molar-refractivity contribution < 1.29 is 14.3 Å². The highest BCUT2D eigenvalue weighted by Gasteiger charge is 2.29. The number of fused-ring (bicyclic) bond motifs is 4.